The van der Waals surface area contributed by atoms with E-state index in [4.69, 9.17) is 11.5 Å². The van der Waals surface area contributed by atoms with Gasteiger partial charge in [-0.05, 0) is 31.9 Å². The van der Waals surface area contributed by atoms with Crippen LogP contribution in [0, 0.1) is 5.92 Å². The summed E-state index contributed by atoms with van der Waals surface area (Å²) in [4.78, 5) is 17.7. The summed E-state index contributed by atoms with van der Waals surface area (Å²) in [6.07, 6.45) is 3.50. The highest BCUT2D eigenvalue weighted by Gasteiger charge is 2.23. The van der Waals surface area contributed by atoms with E-state index in [0.29, 0.717) is 0 Å². The van der Waals surface area contributed by atoms with E-state index >= 15 is 0 Å². The number of hydrogen-bond donors (Lipinski definition) is 2. The number of carbonyl (C=O) groups is 1. The SMILES string of the molecule is CC(N)c1ccc(N2CCC(C(N)=O)CC2)cn1. The zero-order valence-electron chi connectivity index (χ0n) is 10.7. The number of piperidine rings is 1. The Bertz CT molecular complexity index is 408. The van der Waals surface area contributed by atoms with Crippen LogP contribution in [0.1, 0.15) is 31.5 Å². The monoisotopic (exact) mass is 248 g/mol. The molecule has 98 valence electrons. The number of amides is 1. The molecule has 1 atom stereocenters. The number of nitrogens with zero attached hydrogens (tertiary/aromatic N) is 2. The molecule has 2 heterocycles. The predicted molar refractivity (Wildman–Crippen MR) is 71.0 cm³/mol. The zero-order chi connectivity index (χ0) is 13.1. The van der Waals surface area contributed by atoms with Gasteiger partial charge in [0, 0.05) is 25.0 Å². The van der Waals surface area contributed by atoms with E-state index in [0.717, 1.165) is 37.3 Å². The first-order valence-electron chi connectivity index (χ1n) is 6.33. The van der Waals surface area contributed by atoms with Crippen molar-refractivity contribution in [2.24, 2.45) is 17.4 Å². The Morgan fingerprint density at radius 3 is 2.56 bits per heavy atom. The molecule has 0 bridgehead atoms. The van der Waals surface area contributed by atoms with Crippen molar-refractivity contribution >= 4 is 11.6 Å². The summed E-state index contributed by atoms with van der Waals surface area (Å²) in [6, 6.07) is 3.95. The van der Waals surface area contributed by atoms with Gasteiger partial charge in [-0.1, -0.05) is 0 Å². The molecule has 1 aromatic heterocycles. The number of anilines is 1. The quantitative estimate of drug-likeness (QED) is 0.828. The molecule has 1 unspecified atom stereocenters. The minimum absolute atomic E-state index is 0.0255. The predicted octanol–water partition coefficient (Wildman–Crippen LogP) is 0.803. The molecule has 1 aromatic rings. The number of aromatic nitrogens is 1. The number of nitrogens with two attached hydrogens (primary N) is 2. The maximum absolute atomic E-state index is 11.1. The summed E-state index contributed by atoms with van der Waals surface area (Å²) < 4.78 is 0. The Labute approximate surface area is 107 Å². The highest BCUT2D eigenvalue weighted by molar-refractivity contribution is 5.77. The van der Waals surface area contributed by atoms with Gasteiger partial charge in [-0.2, -0.15) is 0 Å². The van der Waals surface area contributed by atoms with Crippen molar-refractivity contribution in [1.29, 1.82) is 0 Å². The van der Waals surface area contributed by atoms with Crippen LogP contribution in [-0.4, -0.2) is 24.0 Å². The van der Waals surface area contributed by atoms with Crippen LogP contribution in [0.2, 0.25) is 0 Å². The summed E-state index contributed by atoms with van der Waals surface area (Å²) in [5.74, 6) is -0.155. The lowest BCUT2D eigenvalue weighted by atomic mass is 9.96. The first-order valence-corrected chi connectivity index (χ1v) is 6.33. The second kappa shape index (κ2) is 5.35. The van der Waals surface area contributed by atoms with Gasteiger partial charge in [0.05, 0.1) is 17.6 Å². The van der Waals surface area contributed by atoms with Crippen molar-refractivity contribution in [2.75, 3.05) is 18.0 Å². The zero-order valence-corrected chi connectivity index (χ0v) is 10.7. The van der Waals surface area contributed by atoms with Crippen molar-refractivity contribution in [3.05, 3.63) is 24.0 Å². The molecule has 1 aliphatic heterocycles. The van der Waals surface area contributed by atoms with E-state index < -0.39 is 0 Å². The molecule has 0 aliphatic carbocycles. The van der Waals surface area contributed by atoms with Crippen LogP contribution < -0.4 is 16.4 Å². The fourth-order valence-electron chi connectivity index (χ4n) is 2.28. The van der Waals surface area contributed by atoms with E-state index in [9.17, 15) is 4.79 Å². The van der Waals surface area contributed by atoms with Crippen molar-refractivity contribution in [3.63, 3.8) is 0 Å². The fraction of sp³-hybridized carbons (Fsp3) is 0.538. The van der Waals surface area contributed by atoms with Gasteiger partial charge >= 0.3 is 0 Å². The Kier molecular flexibility index (Phi) is 3.81. The van der Waals surface area contributed by atoms with Crippen LogP contribution in [0.25, 0.3) is 0 Å². The van der Waals surface area contributed by atoms with Crippen LogP contribution >= 0.6 is 0 Å². The molecule has 1 amide bonds. The van der Waals surface area contributed by atoms with E-state index in [-0.39, 0.29) is 17.9 Å². The third kappa shape index (κ3) is 2.79. The lowest BCUT2D eigenvalue weighted by molar-refractivity contribution is -0.122. The second-order valence-corrected chi connectivity index (χ2v) is 4.89. The molecular weight excluding hydrogens is 228 g/mol. The summed E-state index contributed by atoms with van der Waals surface area (Å²) in [6.45, 7) is 3.62. The average Bonchev–Trinajstić information content (AvgIpc) is 2.39. The van der Waals surface area contributed by atoms with E-state index in [2.05, 4.69) is 9.88 Å². The van der Waals surface area contributed by atoms with Crippen molar-refractivity contribution in [3.8, 4) is 0 Å². The molecule has 0 saturated carbocycles. The number of carbonyl (C=O) groups excluding carboxylic acids is 1. The van der Waals surface area contributed by atoms with E-state index in [1.54, 1.807) is 0 Å². The normalized spacial score (nSPS) is 18.7. The Morgan fingerprint density at radius 1 is 1.44 bits per heavy atom. The smallest absolute Gasteiger partial charge is 0.220 e. The van der Waals surface area contributed by atoms with Gasteiger partial charge in [-0.15, -0.1) is 0 Å². The lowest BCUT2D eigenvalue weighted by Gasteiger charge is -2.32. The Hall–Kier alpha value is -1.62. The highest BCUT2D eigenvalue weighted by atomic mass is 16.1. The molecule has 4 N–H and O–H groups in total. The number of rotatable bonds is 3. The summed E-state index contributed by atoms with van der Waals surface area (Å²) >= 11 is 0. The van der Waals surface area contributed by atoms with Gasteiger partial charge in [0.2, 0.25) is 5.91 Å². The lowest BCUT2D eigenvalue weighted by Crippen LogP contribution is -2.38. The molecule has 2 rings (SSSR count). The molecule has 1 saturated heterocycles. The maximum Gasteiger partial charge on any atom is 0.220 e. The molecule has 1 aliphatic rings. The number of primary amides is 1. The highest BCUT2D eigenvalue weighted by Crippen LogP contribution is 2.23. The van der Waals surface area contributed by atoms with Gasteiger partial charge in [-0.25, -0.2) is 0 Å². The molecule has 0 aromatic carbocycles. The maximum atomic E-state index is 11.1. The average molecular weight is 248 g/mol. The third-order valence-corrected chi connectivity index (χ3v) is 3.50. The van der Waals surface area contributed by atoms with Crippen LogP contribution in [0.15, 0.2) is 18.3 Å². The third-order valence-electron chi connectivity index (χ3n) is 3.50. The number of hydrogen-bond acceptors (Lipinski definition) is 4. The molecule has 0 spiro atoms. The van der Waals surface area contributed by atoms with Gasteiger partial charge in [-0.3, -0.25) is 9.78 Å². The van der Waals surface area contributed by atoms with Gasteiger partial charge < -0.3 is 16.4 Å². The molecular formula is C13H20N4O. The van der Waals surface area contributed by atoms with Crippen LogP contribution in [-0.2, 0) is 4.79 Å². The summed E-state index contributed by atoms with van der Waals surface area (Å²) in [5.41, 5.74) is 13.1. The largest absolute Gasteiger partial charge is 0.370 e. The van der Waals surface area contributed by atoms with Crippen LogP contribution in [0.3, 0.4) is 0 Å². The molecule has 1 fully saturated rings. The van der Waals surface area contributed by atoms with Gasteiger partial charge in [0.25, 0.3) is 0 Å². The van der Waals surface area contributed by atoms with Crippen LogP contribution in [0.4, 0.5) is 5.69 Å². The molecule has 5 heteroatoms. The summed E-state index contributed by atoms with van der Waals surface area (Å²) in [7, 11) is 0. The molecule has 18 heavy (non-hydrogen) atoms. The van der Waals surface area contributed by atoms with Gasteiger partial charge in [0.15, 0.2) is 0 Å². The van der Waals surface area contributed by atoms with E-state index in [1.807, 2.05) is 25.3 Å². The molecule has 0 radical (unpaired) electrons. The van der Waals surface area contributed by atoms with Gasteiger partial charge in [0.1, 0.15) is 0 Å². The second-order valence-electron chi connectivity index (χ2n) is 4.89. The number of pyridine rings is 1. The molecule has 5 nitrogen and oxygen atoms in total. The van der Waals surface area contributed by atoms with Crippen LogP contribution in [0.5, 0.6) is 0 Å². The van der Waals surface area contributed by atoms with Crippen molar-refractivity contribution in [1.82, 2.24) is 4.98 Å². The fourth-order valence-corrected chi connectivity index (χ4v) is 2.28. The minimum Gasteiger partial charge on any atom is -0.370 e. The van der Waals surface area contributed by atoms with Crippen molar-refractivity contribution in [2.45, 2.75) is 25.8 Å². The first kappa shape index (κ1) is 12.8. The topological polar surface area (TPSA) is 85.2 Å². The summed E-state index contributed by atoms with van der Waals surface area (Å²) in [5, 5.41) is 0. The first-order chi connectivity index (χ1) is 8.58. The van der Waals surface area contributed by atoms with Crippen molar-refractivity contribution < 1.29 is 4.79 Å². The Balaban J connectivity index is 1.99. The standard InChI is InChI=1S/C13H20N4O/c1-9(14)12-3-2-11(8-16-12)17-6-4-10(5-7-17)13(15)18/h2-3,8-10H,4-7,14H2,1H3,(H2,15,18). The Morgan fingerprint density at radius 2 is 2.11 bits per heavy atom. The minimum atomic E-state index is -0.180. The van der Waals surface area contributed by atoms with E-state index in [1.165, 1.54) is 0 Å².